The molecule has 2 aromatic rings. The largest absolute Gasteiger partial charge is 0.465 e. The molecule has 2 rings (SSSR count). The van der Waals surface area contributed by atoms with E-state index in [2.05, 4.69) is 10.1 Å². The van der Waals surface area contributed by atoms with E-state index < -0.39 is 5.97 Å². The molecule has 0 aliphatic heterocycles. The average molecular weight is 429 g/mol. The summed E-state index contributed by atoms with van der Waals surface area (Å²) in [6.07, 6.45) is 0.677. The van der Waals surface area contributed by atoms with Gasteiger partial charge in [0.15, 0.2) is 0 Å². The van der Waals surface area contributed by atoms with Crippen molar-refractivity contribution in [3.63, 3.8) is 0 Å². The fourth-order valence-corrected chi connectivity index (χ4v) is 3.64. The Bertz CT molecular complexity index is 854. The van der Waals surface area contributed by atoms with Gasteiger partial charge in [0.2, 0.25) is 5.91 Å². The standard InChI is InChI=1S/C18H18Cl2N2O4S/c1-3-8-22(17(24)14-6-7-15(27-14)18(25)26-2)10-16(23)21-13-5-4-11(19)9-12(13)20/h4-7,9H,3,8,10H2,1-2H3,(H,21,23). The molecule has 0 atom stereocenters. The molecule has 9 heteroatoms. The van der Waals surface area contributed by atoms with Crippen LogP contribution >= 0.6 is 34.5 Å². The highest BCUT2D eigenvalue weighted by Crippen LogP contribution is 2.25. The van der Waals surface area contributed by atoms with E-state index in [0.29, 0.717) is 38.5 Å². The zero-order valence-electron chi connectivity index (χ0n) is 14.8. The minimum Gasteiger partial charge on any atom is -0.465 e. The second-order valence-corrected chi connectivity index (χ2v) is 7.48. The molecule has 1 heterocycles. The van der Waals surface area contributed by atoms with Gasteiger partial charge in [0.05, 0.1) is 22.7 Å². The first kappa shape index (κ1) is 21.2. The maximum absolute atomic E-state index is 12.7. The summed E-state index contributed by atoms with van der Waals surface area (Å²) < 4.78 is 4.65. The molecule has 0 bridgehead atoms. The molecule has 2 amide bonds. The van der Waals surface area contributed by atoms with Gasteiger partial charge in [0, 0.05) is 11.6 Å². The summed E-state index contributed by atoms with van der Waals surface area (Å²) in [6, 6.07) is 7.80. The Balaban J connectivity index is 2.09. The average Bonchev–Trinajstić information content (AvgIpc) is 3.12. The third-order valence-electron chi connectivity index (χ3n) is 3.52. The first-order chi connectivity index (χ1) is 12.8. The molecule has 27 heavy (non-hydrogen) atoms. The summed E-state index contributed by atoms with van der Waals surface area (Å²) in [5, 5.41) is 3.44. The van der Waals surface area contributed by atoms with Crippen LogP contribution < -0.4 is 5.32 Å². The Morgan fingerprint density at radius 1 is 1.15 bits per heavy atom. The molecule has 0 saturated heterocycles. The van der Waals surface area contributed by atoms with Crippen molar-refractivity contribution in [2.75, 3.05) is 25.5 Å². The Morgan fingerprint density at radius 3 is 2.48 bits per heavy atom. The minimum atomic E-state index is -0.504. The van der Waals surface area contributed by atoms with E-state index in [1.165, 1.54) is 24.1 Å². The summed E-state index contributed by atoms with van der Waals surface area (Å²) in [5.74, 6) is -1.21. The van der Waals surface area contributed by atoms with Crippen LogP contribution in [0.5, 0.6) is 0 Å². The van der Waals surface area contributed by atoms with E-state index in [0.717, 1.165) is 11.3 Å². The van der Waals surface area contributed by atoms with Crippen LogP contribution in [0.1, 0.15) is 32.7 Å². The summed E-state index contributed by atoms with van der Waals surface area (Å²) in [5.41, 5.74) is 0.416. The molecule has 0 spiro atoms. The Labute approximate surface area is 171 Å². The number of thiophene rings is 1. The molecule has 0 saturated carbocycles. The van der Waals surface area contributed by atoms with Gasteiger partial charge in [0.1, 0.15) is 11.4 Å². The highest BCUT2D eigenvalue weighted by molar-refractivity contribution is 7.15. The molecule has 144 valence electrons. The van der Waals surface area contributed by atoms with Crippen LogP contribution in [0.3, 0.4) is 0 Å². The monoisotopic (exact) mass is 428 g/mol. The Morgan fingerprint density at radius 2 is 1.85 bits per heavy atom. The molecule has 1 aromatic carbocycles. The lowest BCUT2D eigenvalue weighted by molar-refractivity contribution is -0.116. The van der Waals surface area contributed by atoms with Gasteiger partial charge in [-0.1, -0.05) is 30.1 Å². The van der Waals surface area contributed by atoms with Crippen molar-refractivity contribution in [2.24, 2.45) is 0 Å². The predicted octanol–water partition coefficient (Wildman–Crippen LogP) is 4.33. The molecule has 0 unspecified atom stereocenters. The number of nitrogens with zero attached hydrogens (tertiary/aromatic N) is 1. The van der Waals surface area contributed by atoms with Crippen LogP contribution in [-0.4, -0.2) is 42.9 Å². The van der Waals surface area contributed by atoms with Gasteiger partial charge in [-0.2, -0.15) is 0 Å². The van der Waals surface area contributed by atoms with E-state index in [-0.39, 0.29) is 18.4 Å². The number of benzene rings is 1. The molecular formula is C18H18Cl2N2O4S. The van der Waals surface area contributed by atoms with Crippen LogP contribution in [0.25, 0.3) is 0 Å². The van der Waals surface area contributed by atoms with Gasteiger partial charge in [-0.3, -0.25) is 9.59 Å². The third-order valence-corrected chi connectivity index (χ3v) is 5.12. The number of anilines is 1. The van der Waals surface area contributed by atoms with Crippen LogP contribution in [0, 0.1) is 0 Å². The summed E-state index contributed by atoms with van der Waals surface area (Å²) in [7, 11) is 1.28. The van der Waals surface area contributed by atoms with Crippen molar-refractivity contribution in [2.45, 2.75) is 13.3 Å². The minimum absolute atomic E-state index is 0.142. The van der Waals surface area contributed by atoms with Gasteiger partial charge in [-0.15, -0.1) is 11.3 Å². The maximum Gasteiger partial charge on any atom is 0.348 e. The highest BCUT2D eigenvalue weighted by Gasteiger charge is 2.21. The second kappa shape index (κ2) is 9.73. The van der Waals surface area contributed by atoms with E-state index in [9.17, 15) is 14.4 Å². The summed E-state index contributed by atoms with van der Waals surface area (Å²) in [4.78, 5) is 38.8. The molecule has 1 N–H and O–H groups in total. The van der Waals surface area contributed by atoms with Crippen LogP contribution in [0.2, 0.25) is 10.0 Å². The van der Waals surface area contributed by atoms with Crippen molar-refractivity contribution in [1.82, 2.24) is 4.90 Å². The lowest BCUT2D eigenvalue weighted by Crippen LogP contribution is -2.38. The number of carbonyl (C=O) groups excluding carboxylic acids is 3. The van der Waals surface area contributed by atoms with Crippen LogP contribution in [0.4, 0.5) is 5.69 Å². The number of esters is 1. The number of halogens is 2. The molecule has 0 aliphatic rings. The van der Waals surface area contributed by atoms with E-state index in [1.54, 1.807) is 18.2 Å². The number of nitrogens with one attached hydrogen (secondary N) is 1. The van der Waals surface area contributed by atoms with Crippen molar-refractivity contribution in [3.8, 4) is 0 Å². The normalized spacial score (nSPS) is 10.4. The SMILES string of the molecule is CCCN(CC(=O)Nc1ccc(Cl)cc1Cl)C(=O)c1ccc(C(=O)OC)s1. The van der Waals surface area contributed by atoms with Crippen LogP contribution in [0.15, 0.2) is 30.3 Å². The van der Waals surface area contributed by atoms with Crippen molar-refractivity contribution < 1.29 is 19.1 Å². The number of hydrogen-bond acceptors (Lipinski definition) is 5. The fraction of sp³-hybridized carbons (Fsp3) is 0.278. The van der Waals surface area contributed by atoms with Gasteiger partial charge in [0.25, 0.3) is 5.91 Å². The van der Waals surface area contributed by atoms with Crippen LogP contribution in [-0.2, 0) is 9.53 Å². The smallest absolute Gasteiger partial charge is 0.348 e. The lowest BCUT2D eigenvalue weighted by Gasteiger charge is -2.21. The fourth-order valence-electron chi connectivity index (χ4n) is 2.30. The maximum atomic E-state index is 12.7. The zero-order valence-corrected chi connectivity index (χ0v) is 17.1. The molecule has 6 nitrogen and oxygen atoms in total. The van der Waals surface area contributed by atoms with Crippen molar-refractivity contribution in [3.05, 3.63) is 50.1 Å². The second-order valence-electron chi connectivity index (χ2n) is 5.55. The highest BCUT2D eigenvalue weighted by atomic mass is 35.5. The molecule has 0 radical (unpaired) electrons. The topological polar surface area (TPSA) is 75.7 Å². The first-order valence-corrected chi connectivity index (χ1v) is 9.65. The van der Waals surface area contributed by atoms with E-state index >= 15 is 0 Å². The number of methoxy groups -OCH3 is 1. The van der Waals surface area contributed by atoms with Gasteiger partial charge >= 0.3 is 5.97 Å². The third kappa shape index (κ3) is 5.69. The number of ether oxygens (including phenoxy) is 1. The lowest BCUT2D eigenvalue weighted by atomic mass is 10.3. The number of carbonyl (C=O) groups is 3. The summed E-state index contributed by atoms with van der Waals surface area (Å²) >= 11 is 12.9. The first-order valence-electron chi connectivity index (χ1n) is 8.08. The van der Waals surface area contributed by atoms with Crippen molar-refractivity contribution in [1.29, 1.82) is 0 Å². The molecule has 0 fully saturated rings. The van der Waals surface area contributed by atoms with E-state index in [4.69, 9.17) is 23.2 Å². The summed E-state index contributed by atoms with van der Waals surface area (Å²) in [6.45, 7) is 2.16. The number of hydrogen-bond donors (Lipinski definition) is 1. The molecular weight excluding hydrogens is 411 g/mol. The van der Waals surface area contributed by atoms with Crippen molar-refractivity contribution >= 4 is 58.0 Å². The Hall–Kier alpha value is -2.09. The zero-order chi connectivity index (χ0) is 20.0. The van der Waals surface area contributed by atoms with Gasteiger partial charge in [-0.25, -0.2) is 4.79 Å². The number of rotatable bonds is 7. The quantitative estimate of drug-likeness (QED) is 0.665. The van der Waals surface area contributed by atoms with Gasteiger partial charge < -0.3 is 15.0 Å². The molecule has 1 aromatic heterocycles. The Kier molecular flexibility index (Phi) is 7.65. The van der Waals surface area contributed by atoms with E-state index in [1.807, 2.05) is 6.92 Å². The predicted molar refractivity (Wildman–Crippen MR) is 107 cm³/mol. The van der Waals surface area contributed by atoms with Gasteiger partial charge in [-0.05, 0) is 36.8 Å². The molecule has 0 aliphatic carbocycles. The number of amides is 2.